The minimum absolute atomic E-state index is 0.0771. The second kappa shape index (κ2) is 7.68. The molecule has 26 heavy (non-hydrogen) atoms. The molecule has 1 aromatic carbocycles. The summed E-state index contributed by atoms with van der Waals surface area (Å²) in [7, 11) is 0. The summed E-state index contributed by atoms with van der Waals surface area (Å²) in [5.74, 6) is -6.65. The van der Waals surface area contributed by atoms with Gasteiger partial charge in [-0.25, -0.2) is 8.78 Å². The van der Waals surface area contributed by atoms with Crippen molar-refractivity contribution in [1.82, 2.24) is 5.32 Å². The number of benzene rings is 1. The number of aliphatic carboxylic acids is 1. The van der Waals surface area contributed by atoms with Crippen LogP contribution in [0.15, 0.2) is 22.3 Å². The van der Waals surface area contributed by atoms with Crippen molar-refractivity contribution in [2.45, 2.75) is 18.0 Å². The van der Waals surface area contributed by atoms with Gasteiger partial charge in [-0.15, -0.1) is 18.3 Å². The average Bonchev–Trinajstić information content (AvgIpc) is 2.84. The number of amidine groups is 1. The van der Waals surface area contributed by atoms with Crippen molar-refractivity contribution in [3.63, 3.8) is 0 Å². The SMILES string of the molecule is O=C(O)CC1SC(=NN=Cc2ccc(F)c(OC(F)(F)F)c2F)NC1=O. The highest BCUT2D eigenvalue weighted by atomic mass is 32.2. The van der Waals surface area contributed by atoms with Gasteiger partial charge in [-0.1, -0.05) is 11.8 Å². The number of hydrogen-bond donors (Lipinski definition) is 2. The second-order valence-electron chi connectivity index (χ2n) is 4.67. The standard InChI is InChI=1S/C13H8F5N3O4S/c14-6-2-1-5(9(15)10(6)25-13(16,17)18)4-19-21-12-20-11(24)7(26-12)3-8(22)23/h1-2,4,7H,3H2,(H,22,23)(H,20,21,24). The van der Waals surface area contributed by atoms with Gasteiger partial charge < -0.3 is 15.2 Å². The van der Waals surface area contributed by atoms with Crippen LogP contribution in [0.5, 0.6) is 5.75 Å². The van der Waals surface area contributed by atoms with Gasteiger partial charge in [-0.2, -0.15) is 5.10 Å². The third-order valence-electron chi connectivity index (χ3n) is 2.78. The predicted molar refractivity (Wildman–Crippen MR) is 79.8 cm³/mol. The first-order valence-corrected chi connectivity index (χ1v) is 7.49. The molecule has 1 aliphatic rings. The van der Waals surface area contributed by atoms with Crippen LogP contribution in [0.4, 0.5) is 22.0 Å². The molecule has 13 heteroatoms. The van der Waals surface area contributed by atoms with Gasteiger partial charge in [0.05, 0.1) is 12.6 Å². The van der Waals surface area contributed by atoms with Gasteiger partial charge in [0.1, 0.15) is 5.25 Å². The van der Waals surface area contributed by atoms with Crippen molar-refractivity contribution in [1.29, 1.82) is 0 Å². The highest BCUT2D eigenvalue weighted by Gasteiger charge is 2.34. The Kier molecular flexibility index (Phi) is 5.79. The Morgan fingerprint density at radius 1 is 1.38 bits per heavy atom. The average molecular weight is 397 g/mol. The zero-order valence-corrected chi connectivity index (χ0v) is 13.2. The third kappa shape index (κ3) is 5.15. The molecule has 0 aromatic heterocycles. The maximum atomic E-state index is 13.9. The van der Waals surface area contributed by atoms with Crippen molar-refractivity contribution in [2.75, 3.05) is 0 Å². The van der Waals surface area contributed by atoms with Crippen molar-refractivity contribution in [3.05, 3.63) is 29.3 Å². The van der Waals surface area contributed by atoms with Crippen LogP contribution in [-0.4, -0.2) is 40.0 Å². The van der Waals surface area contributed by atoms with E-state index >= 15 is 0 Å². The molecule has 1 saturated heterocycles. The smallest absolute Gasteiger partial charge is 0.481 e. The lowest BCUT2D eigenvalue weighted by Gasteiger charge is -2.11. The number of nitrogens with zero attached hydrogens (tertiary/aromatic N) is 2. The molecule has 1 aromatic rings. The number of halogens is 5. The summed E-state index contributed by atoms with van der Waals surface area (Å²) in [4.78, 5) is 22.0. The molecule has 0 spiro atoms. The Balaban J connectivity index is 2.15. The molecule has 7 nitrogen and oxygen atoms in total. The maximum absolute atomic E-state index is 13.9. The van der Waals surface area contributed by atoms with Gasteiger partial charge in [0.25, 0.3) is 0 Å². The topological polar surface area (TPSA) is 100 Å². The first kappa shape index (κ1) is 19.6. The Bertz CT molecular complexity index is 797. The van der Waals surface area contributed by atoms with Crippen LogP contribution in [0, 0.1) is 11.6 Å². The van der Waals surface area contributed by atoms with Crippen LogP contribution in [-0.2, 0) is 9.59 Å². The molecule has 0 bridgehead atoms. The number of carbonyl (C=O) groups is 2. The molecule has 1 unspecified atom stereocenters. The molecule has 1 amide bonds. The monoisotopic (exact) mass is 397 g/mol. The maximum Gasteiger partial charge on any atom is 0.573 e. The fraction of sp³-hybridized carbons (Fsp3) is 0.231. The van der Waals surface area contributed by atoms with Gasteiger partial charge in [0.2, 0.25) is 11.7 Å². The Labute approximate surface area is 145 Å². The summed E-state index contributed by atoms with van der Waals surface area (Å²) in [6.45, 7) is 0. The van der Waals surface area contributed by atoms with E-state index in [1.807, 2.05) is 0 Å². The van der Waals surface area contributed by atoms with E-state index in [1.54, 1.807) is 0 Å². The summed E-state index contributed by atoms with van der Waals surface area (Å²) in [5, 5.41) is 16.7. The van der Waals surface area contributed by atoms with Crippen molar-refractivity contribution >= 4 is 35.0 Å². The number of nitrogens with one attached hydrogen (secondary N) is 1. The Morgan fingerprint density at radius 3 is 2.69 bits per heavy atom. The number of rotatable bonds is 5. The van der Waals surface area contributed by atoms with Crippen LogP contribution >= 0.6 is 11.8 Å². The number of carboxylic acid groups (broad SMARTS) is 1. The van der Waals surface area contributed by atoms with Crippen LogP contribution in [0.25, 0.3) is 0 Å². The number of carboxylic acids is 1. The van der Waals surface area contributed by atoms with E-state index in [0.717, 1.165) is 17.8 Å². The minimum Gasteiger partial charge on any atom is -0.481 e. The first-order valence-electron chi connectivity index (χ1n) is 6.61. The lowest BCUT2D eigenvalue weighted by atomic mass is 10.2. The fourth-order valence-electron chi connectivity index (χ4n) is 1.75. The molecule has 140 valence electrons. The van der Waals surface area contributed by atoms with E-state index in [0.29, 0.717) is 12.3 Å². The predicted octanol–water partition coefficient (Wildman–Crippen LogP) is 2.26. The van der Waals surface area contributed by atoms with Gasteiger partial charge in [0, 0.05) is 5.56 Å². The zero-order chi connectivity index (χ0) is 19.5. The molecule has 0 aliphatic carbocycles. The molecular formula is C13H8F5N3O4S. The lowest BCUT2D eigenvalue weighted by Crippen LogP contribution is -2.26. The molecule has 1 heterocycles. The number of ether oxygens (including phenoxy) is 1. The summed E-state index contributed by atoms with van der Waals surface area (Å²) < 4.78 is 66.9. The van der Waals surface area contributed by atoms with E-state index in [1.165, 1.54) is 0 Å². The Morgan fingerprint density at radius 2 is 2.08 bits per heavy atom. The van der Waals surface area contributed by atoms with Crippen LogP contribution < -0.4 is 10.1 Å². The quantitative estimate of drug-likeness (QED) is 0.451. The molecule has 0 saturated carbocycles. The Hall–Kier alpha value is -2.70. The van der Waals surface area contributed by atoms with E-state index in [4.69, 9.17) is 5.11 Å². The molecule has 1 fully saturated rings. The van der Waals surface area contributed by atoms with Crippen molar-refractivity contribution < 1.29 is 41.4 Å². The van der Waals surface area contributed by atoms with Gasteiger partial charge in [-0.3, -0.25) is 9.59 Å². The van der Waals surface area contributed by atoms with Crippen LogP contribution in [0.1, 0.15) is 12.0 Å². The third-order valence-corrected chi connectivity index (χ3v) is 3.85. The molecule has 2 N–H and O–H groups in total. The van der Waals surface area contributed by atoms with E-state index in [-0.39, 0.29) is 5.17 Å². The lowest BCUT2D eigenvalue weighted by molar-refractivity contribution is -0.276. The first-order chi connectivity index (χ1) is 12.1. The molecular weight excluding hydrogens is 389 g/mol. The van der Waals surface area contributed by atoms with E-state index < -0.39 is 52.9 Å². The number of hydrogen-bond acceptors (Lipinski definition) is 6. The van der Waals surface area contributed by atoms with E-state index in [9.17, 15) is 31.5 Å². The van der Waals surface area contributed by atoms with Crippen molar-refractivity contribution in [2.24, 2.45) is 10.2 Å². The minimum atomic E-state index is -5.29. The molecule has 0 radical (unpaired) electrons. The molecule has 2 rings (SSSR count). The summed E-state index contributed by atoms with van der Waals surface area (Å²) >= 11 is 0.767. The fourth-order valence-corrected chi connectivity index (χ4v) is 2.66. The largest absolute Gasteiger partial charge is 0.573 e. The molecule has 1 aliphatic heterocycles. The highest BCUT2D eigenvalue weighted by Crippen LogP contribution is 2.29. The van der Waals surface area contributed by atoms with Gasteiger partial charge in [-0.05, 0) is 12.1 Å². The summed E-state index contributed by atoms with van der Waals surface area (Å²) in [6, 6.07) is 1.36. The summed E-state index contributed by atoms with van der Waals surface area (Å²) in [6.07, 6.45) is -5.06. The molecule has 1 atom stereocenters. The number of amides is 1. The van der Waals surface area contributed by atoms with Crippen LogP contribution in [0.2, 0.25) is 0 Å². The highest BCUT2D eigenvalue weighted by molar-refractivity contribution is 8.15. The van der Waals surface area contributed by atoms with E-state index in [2.05, 4.69) is 20.3 Å². The van der Waals surface area contributed by atoms with Gasteiger partial charge in [0.15, 0.2) is 16.8 Å². The number of carbonyl (C=O) groups excluding carboxylic acids is 1. The van der Waals surface area contributed by atoms with Crippen molar-refractivity contribution in [3.8, 4) is 5.75 Å². The number of thioether (sulfide) groups is 1. The summed E-state index contributed by atoms with van der Waals surface area (Å²) in [5.41, 5.74) is -0.550. The number of alkyl halides is 3. The van der Waals surface area contributed by atoms with Gasteiger partial charge >= 0.3 is 12.3 Å². The van der Waals surface area contributed by atoms with Crippen LogP contribution in [0.3, 0.4) is 0 Å². The zero-order valence-electron chi connectivity index (χ0n) is 12.4. The normalized spacial score (nSPS) is 19.2. The second-order valence-corrected chi connectivity index (χ2v) is 5.86.